The fraction of sp³-hybridized carbons (Fsp3) is 0.355. The van der Waals surface area contributed by atoms with Gasteiger partial charge >= 0.3 is 0 Å². The molecule has 41 heavy (non-hydrogen) atoms. The number of nitrogens with one attached hydrogen (secondary N) is 1. The highest BCUT2D eigenvalue weighted by molar-refractivity contribution is 7.92. The highest BCUT2D eigenvalue weighted by atomic mass is 32.2. The van der Waals surface area contributed by atoms with Crippen LogP contribution in [0.1, 0.15) is 30.9 Å². The fourth-order valence-electron chi connectivity index (χ4n) is 4.57. The summed E-state index contributed by atoms with van der Waals surface area (Å²) in [6.07, 6.45) is 1.79. The van der Waals surface area contributed by atoms with E-state index in [-0.39, 0.29) is 37.7 Å². The molecule has 0 aromatic heterocycles. The van der Waals surface area contributed by atoms with Gasteiger partial charge in [-0.3, -0.25) is 13.9 Å². The Hall–Kier alpha value is -4.05. The van der Waals surface area contributed by atoms with Crippen LogP contribution in [0.25, 0.3) is 0 Å². The molecule has 0 radical (unpaired) electrons. The molecule has 10 heteroatoms. The van der Waals surface area contributed by atoms with E-state index in [9.17, 15) is 18.0 Å². The zero-order valence-corrected chi connectivity index (χ0v) is 24.9. The molecule has 0 spiro atoms. The minimum Gasteiger partial charge on any atom is -0.497 e. The highest BCUT2D eigenvalue weighted by Crippen LogP contribution is 2.23. The molecular weight excluding hydrogens is 542 g/mol. The van der Waals surface area contributed by atoms with Crippen LogP contribution in [0.2, 0.25) is 0 Å². The van der Waals surface area contributed by atoms with Crippen molar-refractivity contribution in [2.24, 2.45) is 0 Å². The third-order valence-corrected chi connectivity index (χ3v) is 7.82. The highest BCUT2D eigenvalue weighted by Gasteiger charge is 2.30. The van der Waals surface area contributed by atoms with Crippen molar-refractivity contribution in [1.29, 1.82) is 0 Å². The number of sulfonamides is 1. The SMILES string of the molecule is CCNC(=O)[C@H](Cc1ccccc1)N(Cc1cccc(OC)c1)C(=O)CCCN(c1ccc(OC)cc1)S(C)(=O)=O. The van der Waals surface area contributed by atoms with E-state index in [0.717, 1.165) is 17.4 Å². The van der Waals surface area contributed by atoms with E-state index in [1.807, 2.05) is 61.5 Å². The Morgan fingerprint density at radius 3 is 2.15 bits per heavy atom. The van der Waals surface area contributed by atoms with Crippen LogP contribution < -0.4 is 19.1 Å². The number of anilines is 1. The third kappa shape index (κ3) is 9.24. The van der Waals surface area contributed by atoms with Crippen molar-refractivity contribution in [2.45, 2.75) is 38.8 Å². The molecule has 3 aromatic rings. The smallest absolute Gasteiger partial charge is 0.243 e. The lowest BCUT2D eigenvalue weighted by Crippen LogP contribution is -2.50. The van der Waals surface area contributed by atoms with Crippen LogP contribution in [0.15, 0.2) is 78.9 Å². The molecule has 3 rings (SSSR count). The predicted octanol–water partition coefficient (Wildman–Crippen LogP) is 4.03. The van der Waals surface area contributed by atoms with Crippen molar-refractivity contribution in [3.63, 3.8) is 0 Å². The van der Waals surface area contributed by atoms with Crippen LogP contribution in [-0.2, 0) is 32.6 Å². The Kier molecular flexibility index (Phi) is 11.6. The molecule has 220 valence electrons. The van der Waals surface area contributed by atoms with Crippen LogP contribution >= 0.6 is 0 Å². The summed E-state index contributed by atoms with van der Waals surface area (Å²) in [6, 6.07) is 22.9. The minimum absolute atomic E-state index is 0.0524. The lowest BCUT2D eigenvalue weighted by Gasteiger charge is -2.32. The number of carbonyl (C=O) groups excluding carboxylic acids is 2. The number of carbonyl (C=O) groups is 2. The maximum Gasteiger partial charge on any atom is 0.243 e. The number of methoxy groups -OCH3 is 2. The van der Waals surface area contributed by atoms with Gasteiger partial charge < -0.3 is 19.7 Å². The normalized spacial score (nSPS) is 11.8. The molecule has 1 atom stereocenters. The summed E-state index contributed by atoms with van der Waals surface area (Å²) in [5.41, 5.74) is 2.23. The van der Waals surface area contributed by atoms with Gasteiger partial charge in [0.1, 0.15) is 17.5 Å². The van der Waals surface area contributed by atoms with Gasteiger partial charge in [-0.2, -0.15) is 0 Å². The topological polar surface area (TPSA) is 105 Å². The van der Waals surface area contributed by atoms with Gasteiger partial charge in [0.2, 0.25) is 21.8 Å². The number of hydrogen-bond acceptors (Lipinski definition) is 6. The Labute approximate surface area is 243 Å². The second-order valence-corrected chi connectivity index (χ2v) is 11.5. The molecule has 0 aliphatic carbocycles. The van der Waals surface area contributed by atoms with E-state index >= 15 is 0 Å². The summed E-state index contributed by atoms with van der Waals surface area (Å²) in [4.78, 5) is 28.7. The van der Waals surface area contributed by atoms with Crippen molar-refractivity contribution >= 4 is 27.5 Å². The molecule has 0 aliphatic rings. The molecule has 0 unspecified atom stereocenters. The largest absolute Gasteiger partial charge is 0.497 e. The van der Waals surface area contributed by atoms with Crippen molar-refractivity contribution in [2.75, 3.05) is 37.9 Å². The summed E-state index contributed by atoms with van der Waals surface area (Å²) in [5.74, 6) is 0.767. The Balaban J connectivity index is 1.86. The molecule has 3 aromatic carbocycles. The summed E-state index contributed by atoms with van der Waals surface area (Å²) in [7, 11) is -0.486. The summed E-state index contributed by atoms with van der Waals surface area (Å²) in [6.45, 7) is 2.56. The third-order valence-electron chi connectivity index (χ3n) is 6.62. The van der Waals surface area contributed by atoms with Crippen molar-refractivity contribution in [1.82, 2.24) is 10.2 Å². The molecule has 0 saturated heterocycles. The van der Waals surface area contributed by atoms with Crippen LogP contribution in [-0.4, -0.2) is 64.7 Å². The standard InChI is InChI=1S/C31H39N3O6S/c1-5-32-31(36)29(22-24-11-7-6-8-12-24)33(23-25-13-9-14-28(21-25)40-3)30(35)15-10-20-34(41(4,37)38)26-16-18-27(39-2)19-17-26/h6-9,11-14,16-19,21,29H,5,10,15,20,22-23H2,1-4H3,(H,32,36)/t29-/m0/s1. The van der Waals surface area contributed by atoms with Crippen LogP contribution in [0.5, 0.6) is 11.5 Å². The second kappa shape index (κ2) is 15.1. The molecule has 0 aliphatic heterocycles. The Morgan fingerprint density at radius 2 is 1.54 bits per heavy atom. The average Bonchev–Trinajstić information content (AvgIpc) is 2.97. The van der Waals surface area contributed by atoms with Crippen LogP contribution in [0, 0.1) is 0 Å². The molecule has 0 bridgehead atoms. The lowest BCUT2D eigenvalue weighted by atomic mass is 10.0. The van der Waals surface area contributed by atoms with E-state index < -0.39 is 16.1 Å². The first-order valence-corrected chi connectivity index (χ1v) is 15.4. The minimum atomic E-state index is -3.60. The zero-order valence-electron chi connectivity index (χ0n) is 24.1. The zero-order chi connectivity index (χ0) is 29.8. The first kappa shape index (κ1) is 31.5. The van der Waals surface area contributed by atoms with Gasteiger partial charge in [0.05, 0.1) is 26.2 Å². The maximum absolute atomic E-state index is 13.8. The van der Waals surface area contributed by atoms with Crippen LogP contribution in [0.3, 0.4) is 0 Å². The average molecular weight is 582 g/mol. The molecule has 0 fully saturated rings. The first-order chi connectivity index (χ1) is 19.7. The van der Waals surface area contributed by atoms with Crippen molar-refractivity contribution in [3.8, 4) is 11.5 Å². The molecule has 0 heterocycles. The van der Waals surface area contributed by atoms with Crippen molar-refractivity contribution in [3.05, 3.63) is 90.0 Å². The van der Waals surface area contributed by atoms with Gasteiger partial charge in [0.25, 0.3) is 0 Å². The maximum atomic E-state index is 13.8. The summed E-state index contributed by atoms with van der Waals surface area (Å²) >= 11 is 0. The van der Waals surface area contributed by atoms with Gasteiger partial charge in [-0.25, -0.2) is 8.42 Å². The number of hydrogen-bond donors (Lipinski definition) is 1. The number of amides is 2. The van der Waals surface area contributed by atoms with Gasteiger partial charge in [0, 0.05) is 32.5 Å². The number of benzene rings is 3. The number of rotatable bonds is 15. The molecule has 9 nitrogen and oxygen atoms in total. The van der Waals surface area contributed by atoms with E-state index in [1.54, 1.807) is 36.3 Å². The quantitative estimate of drug-likeness (QED) is 0.291. The summed E-state index contributed by atoms with van der Waals surface area (Å²) < 4.78 is 37.0. The lowest BCUT2D eigenvalue weighted by molar-refractivity contribution is -0.141. The van der Waals surface area contributed by atoms with Gasteiger partial charge in [-0.05, 0) is 60.9 Å². The Morgan fingerprint density at radius 1 is 0.878 bits per heavy atom. The molecular formula is C31H39N3O6S. The molecule has 1 N–H and O–H groups in total. The van der Waals surface area contributed by atoms with Gasteiger partial charge in [-0.1, -0.05) is 42.5 Å². The number of ether oxygens (including phenoxy) is 2. The Bertz CT molecular complexity index is 1380. The monoisotopic (exact) mass is 581 g/mol. The van der Waals surface area contributed by atoms with Gasteiger partial charge in [-0.15, -0.1) is 0 Å². The van der Waals surface area contributed by atoms with E-state index in [1.165, 1.54) is 11.4 Å². The van der Waals surface area contributed by atoms with E-state index in [4.69, 9.17) is 9.47 Å². The molecule has 2 amide bonds. The first-order valence-electron chi connectivity index (χ1n) is 13.5. The predicted molar refractivity (Wildman–Crippen MR) is 161 cm³/mol. The second-order valence-electron chi connectivity index (χ2n) is 9.61. The molecule has 0 saturated carbocycles. The fourth-order valence-corrected chi connectivity index (χ4v) is 5.53. The number of likely N-dealkylation sites (N-methyl/N-ethyl adjacent to an activating group) is 1. The van der Waals surface area contributed by atoms with E-state index in [2.05, 4.69) is 5.32 Å². The van der Waals surface area contributed by atoms with E-state index in [0.29, 0.717) is 30.2 Å². The van der Waals surface area contributed by atoms with Crippen LogP contribution in [0.4, 0.5) is 5.69 Å². The summed E-state index contributed by atoms with van der Waals surface area (Å²) in [5, 5.41) is 2.88. The van der Waals surface area contributed by atoms with Gasteiger partial charge in [0.15, 0.2) is 0 Å². The number of nitrogens with zero attached hydrogens (tertiary/aromatic N) is 2. The van der Waals surface area contributed by atoms with Crippen molar-refractivity contribution < 1.29 is 27.5 Å².